The van der Waals surface area contributed by atoms with Gasteiger partial charge in [-0.3, -0.25) is 14.5 Å². The van der Waals surface area contributed by atoms with Gasteiger partial charge in [0.25, 0.3) is 5.91 Å². The van der Waals surface area contributed by atoms with Crippen LogP contribution in [0.4, 0.5) is 0 Å². The Morgan fingerprint density at radius 1 is 1.39 bits per heavy atom. The molecule has 1 aromatic carbocycles. The number of carbonyl (C=O) groups is 1. The number of aromatic amines is 1. The standard InChI is InChI=1S/C15H15N5OS2/c1-10-3-5-11(6-4-10)13-17-18-14(22)20(13)9-12(21)16-15-19(2)7-8-23-15/h3-8H,9H2,1-2H3,(H,18,22). The number of H-pyrrole nitrogens is 1. The lowest BCUT2D eigenvalue weighted by Crippen LogP contribution is -2.16. The largest absolute Gasteiger partial charge is 0.327 e. The first-order chi connectivity index (χ1) is 11.0. The number of nitrogens with one attached hydrogen (secondary N) is 1. The lowest BCUT2D eigenvalue weighted by atomic mass is 10.1. The molecule has 2 aromatic heterocycles. The Labute approximate surface area is 141 Å². The van der Waals surface area contributed by atoms with Crippen LogP contribution in [-0.2, 0) is 18.4 Å². The zero-order valence-corrected chi connectivity index (χ0v) is 14.3. The Balaban J connectivity index is 1.94. The number of thiazole rings is 1. The Morgan fingerprint density at radius 2 is 2.13 bits per heavy atom. The van der Waals surface area contributed by atoms with Crippen LogP contribution >= 0.6 is 23.6 Å². The average Bonchev–Trinajstić information content (AvgIpc) is 3.08. The molecule has 1 N–H and O–H groups in total. The fraction of sp³-hybridized carbons (Fsp3) is 0.200. The summed E-state index contributed by atoms with van der Waals surface area (Å²) < 4.78 is 3.87. The fourth-order valence-corrected chi connectivity index (χ4v) is 3.04. The van der Waals surface area contributed by atoms with Crippen LogP contribution in [0.25, 0.3) is 11.4 Å². The molecule has 0 aliphatic carbocycles. The van der Waals surface area contributed by atoms with Gasteiger partial charge in [-0.2, -0.15) is 10.1 Å². The lowest BCUT2D eigenvalue weighted by Gasteiger charge is -2.04. The van der Waals surface area contributed by atoms with Gasteiger partial charge in [-0.1, -0.05) is 29.8 Å². The van der Waals surface area contributed by atoms with Gasteiger partial charge in [0.2, 0.25) is 0 Å². The van der Waals surface area contributed by atoms with Crippen molar-refractivity contribution in [3.05, 3.63) is 51.0 Å². The summed E-state index contributed by atoms with van der Waals surface area (Å²) in [5.74, 6) is 0.364. The molecule has 6 nitrogen and oxygen atoms in total. The van der Waals surface area contributed by atoms with Crippen LogP contribution in [0.2, 0.25) is 0 Å². The van der Waals surface area contributed by atoms with Crippen molar-refractivity contribution in [3.8, 4) is 11.4 Å². The van der Waals surface area contributed by atoms with E-state index in [1.165, 1.54) is 11.3 Å². The number of hydrogen-bond donors (Lipinski definition) is 1. The van der Waals surface area contributed by atoms with Crippen LogP contribution in [0.5, 0.6) is 0 Å². The molecule has 0 aliphatic heterocycles. The molecule has 0 spiro atoms. The fourth-order valence-electron chi connectivity index (χ4n) is 2.10. The highest BCUT2D eigenvalue weighted by Crippen LogP contribution is 2.17. The molecule has 1 amide bonds. The number of amides is 1. The van der Waals surface area contributed by atoms with Crippen LogP contribution in [0.3, 0.4) is 0 Å². The van der Waals surface area contributed by atoms with Crippen molar-refractivity contribution in [2.24, 2.45) is 12.0 Å². The Kier molecular flexibility index (Phi) is 4.35. The summed E-state index contributed by atoms with van der Waals surface area (Å²) in [7, 11) is 1.85. The number of aryl methyl sites for hydroxylation is 2. The third kappa shape index (κ3) is 3.38. The molecule has 23 heavy (non-hydrogen) atoms. The van der Waals surface area contributed by atoms with Gasteiger partial charge in [-0.25, -0.2) is 0 Å². The second kappa shape index (κ2) is 6.43. The number of hydrogen-bond acceptors (Lipinski definition) is 4. The number of benzene rings is 1. The van der Waals surface area contributed by atoms with Gasteiger partial charge in [-0.15, -0.1) is 11.3 Å². The molecule has 0 saturated carbocycles. The van der Waals surface area contributed by atoms with E-state index in [1.54, 1.807) is 9.13 Å². The molecule has 0 aliphatic rings. The first-order valence-electron chi connectivity index (χ1n) is 6.94. The van der Waals surface area contributed by atoms with Crippen molar-refractivity contribution < 1.29 is 4.79 Å². The Hall–Kier alpha value is -2.32. The molecule has 118 valence electrons. The second-order valence-corrected chi connectivity index (χ2v) is 6.37. The van der Waals surface area contributed by atoms with Gasteiger partial charge < -0.3 is 4.57 Å². The SMILES string of the molecule is Cc1ccc(-c2n[nH]c(=S)n2CC(=O)N=c2sccn2C)cc1. The first-order valence-corrected chi connectivity index (χ1v) is 8.23. The van der Waals surface area contributed by atoms with Gasteiger partial charge in [0.05, 0.1) is 0 Å². The van der Waals surface area contributed by atoms with Crippen molar-refractivity contribution in [2.75, 3.05) is 0 Å². The number of nitrogens with zero attached hydrogens (tertiary/aromatic N) is 4. The molecule has 0 radical (unpaired) electrons. The van der Waals surface area contributed by atoms with Crippen LogP contribution < -0.4 is 4.80 Å². The highest BCUT2D eigenvalue weighted by molar-refractivity contribution is 7.71. The van der Waals surface area contributed by atoms with Crippen molar-refractivity contribution >= 4 is 29.5 Å². The molecule has 0 saturated heterocycles. The Bertz CT molecular complexity index is 959. The average molecular weight is 345 g/mol. The molecular formula is C15H15N5OS2. The van der Waals surface area contributed by atoms with Crippen LogP contribution in [0.1, 0.15) is 5.56 Å². The van der Waals surface area contributed by atoms with Gasteiger partial charge in [-0.05, 0) is 19.1 Å². The maximum absolute atomic E-state index is 12.2. The highest BCUT2D eigenvalue weighted by atomic mass is 32.1. The second-order valence-electron chi connectivity index (χ2n) is 5.11. The zero-order chi connectivity index (χ0) is 16.4. The predicted octanol–water partition coefficient (Wildman–Crippen LogP) is 2.44. The molecule has 3 aromatic rings. The van der Waals surface area contributed by atoms with E-state index >= 15 is 0 Å². The van der Waals surface area contributed by atoms with E-state index < -0.39 is 0 Å². The minimum Gasteiger partial charge on any atom is -0.327 e. The maximum atomic E-state index is 12.2. The summed E-state index contributed by atoms with van der Waals surface area (Å²) in [4.78, 5) is 17.0. The number of aromatic nitrogens is 4. The summed E-state index contributed by atoms with van der Waals surface area (Å²) in [6.45, 7) is 2.07. The van der Waals surface area contributed by atoms with E-state index in [2.05, 4.69) is 15.2 Å². The van der Waals surface area contributed by atoms with Gasteiger partial charge in [0, 0.05) is 24.2 Å². The van der Waals surface area contributed by atoms with Gasteiger partial charge in [0.15, 0.2) is 15.4 Å². The van der Waals surface area contributed by atoms with Crippen molar-refractivity contribution in [1.82, 2.24) is 19.3 Å². The van der Waals surface area contributed by atoms with E-state index in [4.69, 9.17) is 12.2 Å². The van der Waals surface area contributed by atoms with Crippen LogP contribution in [0.15, 0.2) is 40.8 Å². The smallest absolute Gasteiger partial charge is 0.268 e. The third-order valence-corrected chi connectivity index (χ3v) is 4.50. The molecular weight excluding hydrogens is 330 g/mol. The third-order valence-electron chi connectivity index (χ3n) is 3.34. The number of carbonyl (C=O) groups excluding carboxylic acids is 1. The van der Waals surface area contributed by atoms with Gasteiger partial charge in [0.1, 0.15) is 6.54 Å². The number of rotatable bonds is 3. The summed E-state index contributed by atoms with van der Waals surface area (Å²) in [6.07, 6.45) is 1.86. The molecule has 3 rings (SSSR count). The maximum Gasteiger partial charge on any atom is 0.268 e. The quantitative estimate of drug-likeness (QED) is 0.742. The first kappa shape index (κ1) is 15.6. The highest BCUT2D eigenvalue weighted by Gasteiger charge is 2.12. The van der Waals surface area contributed by atoms with Crippen molar-refractivity contribution in [3.63, 3.8) is 0 Å². The lowest BCUT2D eigenvalue weighted by molar-refractivity contribution is -0.118. The molecule has 0 fully saturated rings. The summed E-state index contributed by atoms with van der Waals surface area (Å²) in [6, 6.07) is 7.90. The molecule has 0 unspecified atom stereocenters. The summed E-state index contributed by atoms with van der Waals surface area (Å²) in [5, 5.41) is 8.86. The molecule has 0 bridgehead atoms. The van der Waals surface area contributed by atoms with Gasteiger partial charge >= 0.3 is 0 Å². The van der Waals surface area contributed by atoms with E-state index in [-0.39, 0.29) is 12.5 Å². The van der Waals surface area contributed by atoms with Crippen LogP contribution in [-0.4, -0.2) is 25.2 Å². The summed E-state index contributed by atoms with van der Waals surface area (Å²) in [5.41, 5.74) is 2.06. The molecule has 2 heterocycles. The van der Waals surface area contributed by atoms with E-state index in [9.17, 15) is 4.79 Å². The minimum atomic E-state index is -0.270. The zero-order valence-electron chi connectivity index (χ0n) is 12.7. The minimum absolute atomic E-state index is 0.0520. The summed E-state index contributed by atoms with van der Waals surface area (Å²) >= 11 is 6.65. The predicted molar refractivity (Wildman–Crippen MR) is 91.4 cm³/mol. The van der Waals surface area contributed by atoms with Crippen molar-refractivity contribution in [1.29, 1.82) is 0 Å². The van der Waals surface area contributed by atoms with E-state index in [0.717, 1.165) is 11.1 Å². The van der Waals surface area contributed by atoms with Crippen LogP contribution in [0, 0.1) is 11.7 Å². The molecule has 0 atom stereocenters. The van der Waals surface area contributed by atoms with Crippen molar-refractivity contribution in [2.45, 2.75) is 13.5 Å². The normalized spacial score (nSPS) is 11.8. The monoisotopic (exact) mass is 345 g/mol. The Morgan fingerprint density at radius 3 is 2.78 bits per heavy atom. The molecule has 8 heteroatoms. The van der Waals surface area contributed by atoms with E-state index in [1.807, 2.05) is 49.8 Å². The van der Waals surface area contributed by atoms with E-state index in [0.29, 0.717) is 15.4 Å². The topological polar surface area (TPSA) is 68.0 Å².